The number of hydrogen-bond acceptors (Lipinski definition) is 3. The van der Waals surface area contributed by atoms with Crippen molar-refractivity contribution in [2.24, 2.45) is 11.7 Å². The topological polar surface area (TPSA) is 72.9 Å². The number of amides is 1. The lowest BCUT2D eigenvalue weighted by Gasteiger charge is -2.14. The van der Waals surface area contributed by atoms with Gasteiger partial charge in [-0.15, -0.1) is 12.4 Å². The molecule has 2 aromatic rings. The highest BCUT2D eigenvalue weighted by atomic mass is 35.5. The molecule has 3 N–H and O–H groups in total. The van der Waals surface area contributed by atoms with Crippen LogP contribution in [0.4, 0.5) is 10.1 Å². The third kappa shape index (κ3) is 4.09. The molecule has 1 amide bonds. The summed E-state index contributed by atoms with van der Waals surface area (Å²) in [6.07, 6.45) is 6.62. The first-order chi connectivity index (χ1) is 10.6. The lowest BCUT2D eigenvalue weighted by Crippen LogP contribution is -2.28. The highest BCUT2D eigenvalue weighted by Gasteiger charge is 2.26. The Kier molecular flexibility index (Phi) is 5.74. The summed E-state index contributed by atoms with van der Waals surface area (Å²) in [4.78, 5) is 12.0. The van der Waals surface area contributed by atoms with Crippen molar-refractivity contribution in [2.45, 2.75) is 31.7 Å². The second-order valence-electron chi connectivity index (χ2n) is 5.73. The molecule has 2 atom stereocenters. The Labute approximate surface area is 140 Å². The average Bonchev–Trinajstić information content (AvgIpc) is 3.10. The van der Waals surface area contributed by atoms with Gasteiger partial charge < -0.3 is 11.1 Å². The molecule has 5 nitrogen and oxygen atoms in total. The smallest absolute Gasteiger partial charge is 0.224 e. The number of nitrogens with zero attached hydrogens (tertiary/aromatic N) is 2. The number of carbonyl (C=O) groups excluding carboxylic acids is 1. The maximum atomic E-state index is 13.7. The van der Waals surface area contributed by atoms with E-state index >= 15 is 0 Å². The van der Waals surface area contributed by atoms with E-state index in [1.165, 1.54) is 16.9 Å². The lowest BCUT2D eigenvalue weighted by molar-refractivity contribution is -0.117. The van der Waals surface area contributed by atoms with Gasteiger partial charge in [0.1, 0.15) is 11.5 Å². The summed E-state index contributed by atoms with van der Waals surface area (Å²) in [5.41, 5.74) is 6.88. The molecule has 1 saturated carbocycles. The van der Waals surface area contributed by atoms with E-state index in [9.17, 15) is 9.18 Å². The number of hydrogen-bond donors (Lipinski definition) is 2. The van der Waals surface area contributed by atoms with E-state index < -0.39 is 0 Å². The van der Waals surface area contributed by atoms with E-state index in [4.69, 9.17) is 5.73 Å². The summed E-state index contributed by atoms with van der Waals surface area (Å²) in [6.45, 7) is 0. The molecule has 3 rings (SSSR count). The maximum absolute atomic E-state index is 13.7. The van der Waals surface area contributed by atoms with Gasteiger partial charge >= 0.3 is 0 Å². The van der Waals surface area contributed by atoms with Gasteiger partial charge in [-0.3, -0.25) is 4.79 Å². The maximum Gasteiger partial charge on any atom is 0.224 e. The predicted octanol–water partition coefficient (Wildman–Crippen LogP) is 2.89. The number of anilines is 1. The molecule has 23 heavy (non-hydrogen) atoms. The Hall–Kier alpha value is -1.92. The summed E-state index contributed by atoms with van der Waals surface area (Å²) in [5.74, 6) is -0.183. The van der Waals surface area contributed by atoms with E-state index in [-0.39, 0.29) is 36.1 Å². The van der Waals surface area contributed by atoms with Crippen molar-refractivity contribution in [2.75, 3.05) is 5.32 Å². The van der Waals surface area contributed by atoms with E-state index in [2.05, 4.69) is 10.4 Å². The number of nitrogens with one attached hydrogen (secondary N) is 1. The SMILES string of the molecule is Cl.N[C@@H]1CCC[C@H]1CC(=O)Nc1cnn(-c2ccccc2F)c1. The molecule has 1 heterocycles. The van der Waals surface area contributed by atoms with Gasteiger partial charge in [0.2, 0.25) is 5.91 Å². The van der Waals surface area contributed by atoms with Crippen molar-refractivity contribution in [3.63, 3.8) is 0 Å². The molecular weight excluding hydrogens is 319 g/mol. The zero-order valence-electron chi connectivity index (χ0n) is 12.6. The van der Waals surface area contributed by atoms with Gasteiger partial charge in [0.25, 0.3) is 0 Å². The fraction of sp³-hybridized carbons (Fsp3) is 0.375. The van der Waals surface area contributed by atoms with Crippen LogP contribution in [-0.2, 0) is 4.79 Å². The molecule has 0 spiro atoms. The molecule has 7 heteroatoms. The molecule has 1 fully saturated rings. The largest absolute Gasteiger partial charge is 0.327 e. The number of para-hydroxylation sites is 1. The molecule has 1 aliphatic rings. The Morgan fingerprint density at radius 3 is 2.87 bits per heavy atom. The number of rotatable bonds is 4. The van der Waals surface area contributed by atoms with Crippen molar-refractivity contribution >= 4 is 24.0 Å². The molecule has 0 radical (unpaired) electrons. The van der Waals surface area contributed by atoms with Gasteiger partial charge in [0, 0.05) is 12.5 Å². The van der Waals surface area contributed by atoms with Crippen molar-refractivity contribution in [3.8, 4) is 5.69 Å². The lowest BCUT2D eigenvalue weighted by atomic mass is 10.00. The van der Waals surface area contributed by atoms with Crippen LogP contribution in [0.15, 0.2) is 36.7 Å². The molecule has 1 aromatic heterocycles. The molecule has 0 bridgehead atoms. The minimum atomic E-state index is -0.361. The molecule has 0 unspecified atom stereocenters. The zero-order valence-corrected chi connectivity index (χ0v) is 13.4. The molecule has 0 saturated heterocycles. The van der Waals surface area contributed by atoms with Crippen LogP contribution in [0, 0.1) is 11.7 Å². The average molecular weight is 339 g/mol. The van der Waals surface area contributed by atoms with Crippen molar-refractivity contribution in [3.05, 3.63) is 42.5 Å². The molecule has 124 valence electrons. The fourth-order valence-corrected chi connectivity index (χ4v) is 2.93. The zero-order chi connectivity index (χ0) is 15.5. The van der Waals surface area contributed by atoms with Crippen LogP contribution >= 0.6 is 12.4 Å². The summed E-state index contributed by atoms with van der Waals surface area (Å²) >= 11 is 0. The minimum absolute atomic E-state index is 0. The first-order valence-electron chi connectivity index (χ1n) is 7.48. The van der Waals surface area contributed by atoms with Crippen molar-refractivity contribution in [1.82, 2.24) is 9.78 Å². The normalized spacial score (nSPS) is 20.1. The standard InChI is InChI=1S/C16H19FN4O.ClH/c17-13-5-1-2-7-15(13)21-10-12(9-19-21)20-16(22)8-11-4-3-6-14(11)18;/h1-2,5,7,9-11,14H,3-4,6,8,18H2,(H,20,22);1H/t11-,14+;/m0./s1. The quantitative estimate of drug-likeness (QED) is 0.900. The van der Waals surface area contributed by atoms with Gasteiger partial charge in [-0.05, 0) is 30.9 Å². The van der Waals surface area contributed by atoms with Crippen LogP contribution in [0.3, 0.4) is 0 Å². The van der Waals surface area contributed by atoms with Crippen LogP contribution in [0.25, 0.3) is 5.69 Å². The van der Waals surface area contributed by atoms with Crippen LogP contribution in [-0.4, -0.2) is 21.7 Å². The number of nitrogens with two attached hydrogens (primary N) is 1. The van der Waals surface area contributed by atoms with Gasteiger partial charge in [0.15, 0.2) is 0 Å². The van der Waals surface area contributed by atoms with Crippen molar-refractivity contribution in [1.29, 1.82) is 0 Å². The Morgan fingerprint density at radius 2 is 2.17 bits per heavy atom. The Bertz CT molecular complexity index is 676. The summed E-state index contributed by atoms with van der Waals surface area (Å²) in [7, 11) is 0. The van der Waals surface area contributed by atoms with Crippen LogP contribution < -0.4 is 11.1 Å². The number of halogens is 2. The van der Waals surface area contributed by atoms with Crippen molar-refractivity contribution < 1.29 is 9.18 Å². The summed E-state index contributed by atoms with van der Waals surface area (Å²) in [5, 5.41) is 6.88. The number of benzene rings is 1. The van der Waals surface area contributed by atoms with E-state index in [0.717, 1.165) is 19.3 Å². The summed E-state index contributed by atoms with van der Waals surface area (Å²) in [6, 6.07) is 6.48. The highest BCUT2D eigenvalue weighted by Crippen LogP contribution is 2.27. The molecule has 0 aliphatic heterocycles. The van der Waals surface area contributed by atoms with Crippen LogP contribution in [0.5, 0.6) is 0 Å². The fourth-order valence-electron chi connectivity index (χ4n) is 2.93. The Balaban J connectivity index is 0.00000192. The van der Waals surface area contributed by atoms with E-state index in [1.807, 2.05) is 0 Å². The van der Waals surface area contributed by atoms with Gasteiger partial charge in [-0.25, -0.2) is 9.07 Å². The molecule has 1 aliphatic carbocycles. The second kappa shape index (κ2) is 7.57. The van der Waals surface area contributed by atoms with Crippen LogP contribution in [0.1, 0.15) is 25.7 Å². The summed E-state index contributed by atoms with van der Waals surface area (Å²) < 4.78 is 15.1. The first-order valence-corrected chi connectivity index (χ1v) is 7.48. The highest BCUT2D eigenvalue weighted by molar-refractivity contribution is 5.90. The van der Waals surface area contributed by atoms with Gasteiger partial charge in [-0.2, -0.15) is 5.10 Å². The van der Waals surface area contributed by atoms with Gasteiger partial charge in [0.05, 0.1) is 18.1 Å². The third-order valence-corrected chi connectivity index (χ3v) is 4.13. The Morgan fingerprint density at radius 1 is 1.39 bits per heavy atom. The first kappa shape index (κ1) is 17.4. The predicted molar refractivity (Wildman–Crippen MR) is 89.3 cm³/mol. The minimum Gasteiger partial charge on any atom is -0.327 e. The van der Waals surface area contributed by atoms with Gasteiger partial charge in [-0.1, -0.05) is 18.6 Å². The van der Waals surface area contributed by atoms with E-state index in [1.54, 1.807) is 24.4 Å². The molecule has 1 aromatic carbocycles. The van der Waals surface area contributed by atoms with E-state index in [0.29, 0.717) is 17.8 Å². The monoisotopic (exact) mass is 338 g/mol. The second-order valence-corrected chi connectivity index (χ2v) is 5.73. The third-order valence-electron chi connectivity index (χ3n) is 4.13. The number of carbonyl (C=O) groups is 1. The van der Waals surface area contributed by atoms with Crippen LogP contribution in [0.2, 0.25) is 0 Å². The number of aromatic nitrogens is 2. The molecular formula is C16H20ClFN4O.